The lowest BCUT2D eigenvalue weighted by molar-refractivity contribution is 0.163. The summed E-state index contributed by atoms with van der Waals surface area (Å²) in [5, 5.41) is 3.97. The van der Waals surface area contributed by atoms with Crippen molar-refractivity contribution in [3.8, 4) is 0 Å². The van der Waals surface area contributed by atoms with Crippen LogP contribution in [0, 0.1) is 5.92 Å². The lowest BCUT2D eigenvalue weighted by Crippen LogP contribution is -2.36. The first-order valence-corrected chi connectivity index (χ1v) is 8.46. The van der Waals surface area contributed by atoms with Gasteiger partial charge in [-0.3, -0.25) is 14.3 Å². The second-order valence-electron chi connectivity index (χ2n) is 6.79. The molecule has 0 spiro atoms. The molecule has 122 valence electrons. The third-order valence-corrected chi connectivity index (χ3v) is 4.94. The average Bonchev–Trinajstić information content (AvgIpc) is 3.29. The Bertz CT molecular complexity index is 698. The molecule has 23 heavy (non-hydrogen) atoms. The van der Waals surface area contributed by atoms with Gasteiger partial charge in [0.05, 0.1) is 17.7 Å². The predicted molar refractivity (Wildman–Crippen MR) is 85.0 cm³/mol. The van der Waals surface area contributed by atoms with E-state index in [2.05, 4.69) is 15.0 Å². The second-order valence-corrected chi connectivity index (χ2v) is 6.79. The molecule has 2 aliphatic rings. The molecule has 1 aliphatic heterocycles. The zero-order valence-electron chi connectivity index (χ0n) is 13.2. The molecule has 3 heterocycles. The van der Waals surface area contributed by atoms with Gasteiger partial charge in [-0.15, -0.1) is 0 Å². The third-order valence-electron chi connectivity index (χ3n) is 4.94. The van der Waals surface area contributed by atoms with E-state index in [1.165, 1.54) is 12.8 Å². The molecule has 2 fully saturated rings. The highest BCUT2D eigenvalue weighted by Crippen LogP contribution is 2.38. The van der Waals surface area contributed by atoms with Crippen molar-refractivity contribution in [1.29, 1.82) is 0 Å². The lowest BCUT2D eigenvalue weighted by Gasteiger charge is -2.31. The second kappa shape index (κ2) is 6.28. The quantitative estimate of drug-likeness (QED) is 0.845. The van der Waals surface area contributed by atoms with E-state index in [4.69, 9.17) is 4.52 Å². The smallest absolute Gasteiger partial charge is 0.253 e. The Morgan fingerprint density at radius 1 is 1.22 bits per heavy atom. The number of hydrogen-bond acceptors (Lipinski definition) is 5. The molecule has 1 saturated heterocycles. The molecule has 1 aliphatic carbocycles. The Hall–Kier alpha value is -1.95. The number of rotatable bonds is 5. The van der Waals surface area contributed by atoms with Crippen LogP contribution in [0.5, 0.6) is 0 Å². The van der Waals surface area contributed by atoms with Crippen molar-refractivity contribution in [3.63, 3.8) is 0 Å². The van der Waals surface area contributed by atoms with Crippen LogP contribution in [0.25, 0.3) is 0 Å². The Kier molecular flexibility index (Phi) is 3.99. The van der Waals surface area contributed by atoms with Gasteiger partial charge in [0.1, 0.15) is 6.26 Å². The summed E-state index contributed by atoms with van der Waals surface area (Å²) >= 11 is 0. The first-order valence-electron chi connectivity index (χ1n) is 8.46. The van der Waals surface area contributed by atoms with Crippen LogP contribution in [0.3, 0.4) is 0 Å². The van der Waals surface area contributed by atoms with Crippen LogP contribution in [0.1, 0.15) is 43.0 Å². The summed E-state index contributed by atoms with van der Waals surface area (Å²) in [6.45, 7) is 3.72. The standard InChI is InChI=1S/C17H22N4O2/c22-17-9-16(14-1-2-14)18-12-21(17)10-13-3-6-20(7-4-13)11-15-5-8-23-19-15/h5,8-9,12-14H,1-4,6-7,10-11H2. The average molecular weight is 314 g/mol. The van der Waals surface area contributed by atoms with Gasteiger partial charge in [-0.1, -0.05) is 5.16 Å². The van der Waals surface area contributed by atoms with E-state index >= 15 is 0 Å². The van der Waals surface area contributed by atoms with Crippen molar-refractivity contribution in [2.24, 2.45) is 5.92 Å². The maximum atomic E-state index is 12.2. The van der Waals surface area contributed by atoms with Gasteiger partial charge in [-0.05, 0) is 44.7 Å². The highest BCUT2D eigenvalue weighted by Gasteiger charge is 2.26. The molecule has 0 unspecified atom stereocenters. The summed E-state index contributed by atoms with van der Waals surface area (Å²) in [5.41, 5.74) is 2.07. The molecule has 1 saturated carbocycles. The maximum absolute atomic E-state index is 12.2. The summed E-state index contributed by atoms with van der Waals surface area (Å²) in [5.74, 6) is 1.09. The van der Waals surface area contributed by atoms with Gasteiger partial charge in [-0.25, -0.2) is 4.98 Å². The van der Waals surface area contributed by atoms with Crippen molar-refractivity contribution in [2.45, 2.75) is 44.7 Å². The van der Waals surface area contributed by atoms with Gasteiger partial charge >= 0.3 is 0 Å². The fourth-order valence-corrected chi connectivity index (χ4v) is 3.33. The number of nitrogens with zero attached hydrogens (tertiary/aromatic N) is 4. The number of likely N-dealkylation sites (tertiary alicyclic amines) is 1. The van der Waals surface area contributed by atoms with Gasteiger partial charge in [-0.2, -0.15) is 0 Å². The molecular weight excluding hydrogens is 292 g/mol. The molecule has 4 rings (SSSR count). The fraction of sp³-hybridized carbons (Fsp3) is 0.588. The van der Waals surface area contributed by atoms with Crippen LogP contribution >= 0.6 is 0 Å². The molecule has 0 bridgehead atoms. The largest absolute Gasteiger partial charge is 0.364 e. The van der Waals surface area contributed by atoms with Crippen LogP contribution in [-0.4, -0.2) is 32.7 Å². The first kappa shape index (κ1) is 14.6. The molecule has 2 aromatic heterocycles. The van der Waals surface area contributed by atoms with Gasteiger partial charge < -0.3 is 4.52 Å². The highest BCUT2D eigenvalue weighted by molar-refractivity contribution is 5.12. The molecule has 0 radical (unpaired) electrons. The topological polar surface area (TPSA) is 64.2 Å². The predicted octanol–water partition coefficient (Wildman–Crippen LogP) is 2.02. The number of hydrogen-bond donors (Lipinski definition) is 0. The monoisotopic (exact) mass is 314 g/mol. The van der Waals surface area contributed by atoms with Crippen molar-refractivity contribution in [3.05, 3.63) is 46.5 Å². The first-order chi connectivity index (χ1) is 11.3. The van der Waals surface area contributed by atoms with Crippen LogP contribution in [0.4, 0.5) is 0 Å². The Morgan fingerprint density at radius 2 is 2.04 bits per heavy atom. The zero-order chi connectivity index (χ0) is 15.6. The fourth-order valence-electron chi connectivity index (χ4n) is 3.33. The van der Waals surface area contributed by atoms with Gasteiger partial charge in [0, 0.05) is 31.1 Å². The minimum Gasteiger partial charge on any atom is -0.364 e. The molecule has 6 heteroatoms. The highest BCUT2D eigenvalue weighted by atomic mass is 16.5. The van der Waals surface area contributed by atoms with E-state index in [1.807, 2.05) is 6.07 Å². The van der Waals surface area contributed by atoms with E-state index < -0.39 is 0 Å². The Balaban J connectivity index is 1.31. The Morgan fingerprint density at radius 3 is 2.70 bits per heavy atom. The van der Waals surface area contributed by atoms with Crippen LogP contribution in [0.2, 0.25) is 0 Å². The lowest BCUT2D eigenvalue weighted by atomic mass is 9.96. The third kappa shape index (κ3) is 3.52. The SMILES string of the molecule is O=c1cc(C2CC2)ncn1CC1CCN(Cc2ccon2)CC1. The summed E-state index contributed by atoms with van der Waals surface area (Å²) in [4.78, 5) is 19.1. The van der Waals surface area contributed by atoms with Crippen molar-refractivity contribution in [2.75, 3.05) is 13.1 Å². The summed E-state index contributed by atoms with van der Waals surface area (Å²) in [6, 6.07) is 3.65. The number of aromatic nitrogens is 3. The minimum absolute atomic E-state index is 0.104. The summed E-state index contributed by atoms with van der Waals surface area (Å²) < 4.78 is 6.66. The van der Waals surface area contributed by atoms with E-state index in [9.17, 15) is 4.79 Å². The number of piperidine rings is 1. The van der Waals surface area contributed by atoms with Crippen molar-refractivity contribution < 1.29 is 4.52 Å². The molecule has 2 aromatic rings. The van der Waals surface area contributed by atoms with E-state index in [-0.39, 0.29) is 5.56 Å². The normalized spacial score (nSPS) is 20.0. The van der Waals surface area contributed by atoms with Crippen LogP contribution < -0.4 is 5.56 Å². The van der Waals surface area contributed by atoms with E-state index in [0.717, 1.165) is 50.4 Å². The summed E-state index contributed by atoms with van der Waals surface area (Å²) in [7, 11) is 0. The van der Waals surface area contributed by atoms with E-state index in [0.29, 0.717) is 11.8 Å². The van der Waals surface area contributed by atoms with Crippen LogP contribution in [-0.2, 0) is 13.1 Å². The van der Waals surface area contributed by atoms with Gasteiger partial charge in [0.2, 0.25) is 0 Å². The summed E-state index contributed by atoms with van der Waals surface area (Å²) in [6.07, 6.45) is 7.94. The van der Waals surface area contributed by atoms with Crippen molar-refractivity contribution in [1.82, 2.24) is 19.6 Å². The van der Waals surface area contributed by atoms with Crippen LogP contribution in [0.15, 0.2) is 34.0 Å². The zero-order valence-corrected chi connectivity index (χ0v) is 13.2. The maximum Gasteiger partial charge on any atom is 0.253 e. The molecule has 6 nitrogen and oxygen atoms in total. The molecule has 0 atom stereocenters. The molecule has 0 amide bonds. The van der Waals surface area contributed by atoms with Gasteiger partial charge in [0.15, 0.2) is 0 Å². The van der Waals surface area contributed by atoms with E-state index in [1.54, 1.807) is 23.2 Å². The minimum atomic E-state index is 0.104. The molecule has 0 N–H and O–H groups in total. The Labute approximate surface area is 135 Å². The molecule has 0 aromatic carbocycles. The van der Waals surface area contributed by atoms with Crippen molar-refractivity contribution >= 4 is 0 Å². The van der Waals surface area contributed by atoms with Gasteiger partial charge in [0.25, 0.3) is 5.56 Å². The molecular formula is C17H22N4O2.